The van der Waals surface area contributed by atoms with E-state index in [2.05, 4.69) is 10.9 Å². The number of nitrogens with zero attached hydrogens (tertiary/aromatic N) is 1. The molecule has 1 heterocycles. The molecule has 2 N–H and O–H groups in total. The molecule has 2 aromatic rings. The molecule has 0 radical (unpaired) electrons. The normalized spacial score (nSPS) is 14.1. The van der Waals surface area contributed by atoms with Gasteiger partial charge in [-0.3, -0.25) is 20.4 Å². The molecule has 0 bridgehead atoms. The Balaban J connectivity index is 1.63. The van der Waals surface area contributed by atoms with Crippen molar-refractivity contribution in [3.63, 3.8) is 0 Å². The van der Waals surface area contributed by atoms with Gasteiger partial charge in [0.25, 0.3) is 11.8 Å². The van der Waals surface area contributed by atoms with Gasteiger partial charge in [-0.1, -0.05) is 0 Å². The number of amides is 2. The summed E-state index contributed by atoms with van der Waals surface area (Å²) < 4.78 is 50.4. The van der Waals surface area contributed by atoms with Gasteiger partial charge in [0, 0.05) is 18.7 Å². The number of carbonyl (C=O) groups excluding carboxylic acids is 2. The van der Waals surface area contributed by atoms with Crippen molar-refractivity contribution in [1.82, 2.24) is 15.2 Å². The van der Waals surface area contributed by atoms with E-state index >= 15 is 0 Å². The molecule has 1 aliphatic rings. The summed E-state index contributed by atoms with van der Waals surface area (Å²) in [7, 11) is -2.47. The fourth-order valence-corrected chi connectivity index (χ4v) is 4.70. The Morgan fingerprint density at radius 1 is 1.06 bits per heavy atom. The fraction of sp³-hybridized carbons (Fsp3) is 0.300. The summed E-state index contributed by atoms with van der Waals surface area (Å²) in [5.41, 5.74) is 4.40. The smallest absolute Gasteiger partial charge is 0.276 e. The monoisotopic (exact) mass is 451 g/mol. The molecule has 0 aromatic heterocycles. The van der Waals surface area contributed by atoms with Crippen molar-refractivity contribution in [1.29, 1.82) is 0 Å². The zero-order valence-electron chi connectivity index (χ0n) is 16.8. The Morgan fingerprint density at radius 3 is 2.39 bits per heavy atom. The highest BCUT2D eigenvalue weighted by molar-refractivity contribution is 7.89. The van der Waals surface area contributed by atoms with E-state index in [0.29, 0.717) is 13.1 Å². The molecule has 9 nitrogen and oxygen atoms in total. The van der Waals surface area contributed by atoms with Crippen LogP contribution < -0.4 is 20.3 Å². The van der Waals surface area contributed by atoms with Gasteiger partial charge in [-0.25, -0.2) is 12.8 Å². The average molecular weight is 451 g/mol. The van der Waals surface area contributed by atoms with Crippen molar-refractivity contribution in [2.75, 3.05) is 26.8 Å². The molecule has 0 saturated carbocycles. The topological polar surface area (TPSA) is 114 Å². The number of halogens is 1. The van der Waals surface area contributed by atoms with Gasteiger partial charge in [0.1, 0.15) is 22.2 Å². The van der Waals surface area contributed by atoms with Gasteiger partial charge in [0.15, 0.2) is 6.61 Å². The molecule has 11 heteroatoms. The van der Waals surface area contributed by atoms with E-state index in [4.69, 9.17) is 9.47 Å². The van der Waals surface area contributed by atoms with Crippen LogP contribution in [0.2, 0.25) is 0 Å². The molecular weight excluding hydrogens is 429 g/mol. The zero-order valence-corrected chi connectivity index (χ0v) is 17.6. The summed E-state index contributed by atoms with van der Waals surface area (Å²) in [6, 6.07) is 9.08. The molecule has 31 heavy (non-hydrogen) atoms. The molecule has 3 rings (SSSR count). The van der Waals surface area contributed by atoms with E-state index in [1.165, 1.54) is 53.9 Å². The number of carbonyl (C=O) groups is 2. The minimum Gasteiger partial charge on any atom is -0.495 e. The second-order valence-electron chi connectivity index (χ2n) is 6.72. The lowest BCUT2D eigenvalue weighted by molar-refractivity contribution is -0.123. The minimum absolute atomic E-state index is 0.0262. The molecule has 0 atom stereocenters. The van der Waals surface area contributed by atoms with Crippen LogP contribution in [0, 0.1) is 5.82 Å². The third-order valence-electron chi connectivity index (χ3n) is 4.61. The molecule has 0 unspecified atom stereocenters. The number of hydrazine groups is 1. The van der Waals surface area contributed by atoms with E-state index in [-0.39, 0.29) is 22.0 Å². The van der Waals surface area contributed by atoms with Gasteiger partial charge < -0.3 is 9.47 Å². The molecule has 1 fully saturated rings. The summed E-state index contributed by atoms with van der Waals surface area (Å²) in [6.07, 6.45) is 1.54. The first-order valence-electron chi connectivity index (χ1n) is 9.47. The summed E-state index contributed by atoms with van der Waals surface area (Å²) in [4.78, 5) is 24.2. The van der Waals surface area contributed by atoms with E-state index in [0.717, 1.165) is 12.8 Å². The summed E-state index contributed by atoms with van der Waals surface area (Å²) in [6.45, 7) is 0.404. The van der Waals surface area contributed by atoms with Gasteiger partial charge in [-0.05, 0) is 55.3 Å². The van der Waals surface area contributed by atoms with Crippen molar-refractivity contribution in [2.24, 2.45) is 0 Å². The number of hydrogen-bond donors (Lipinski definition) is 2. The lowest BCUT2D eigenvalue weighted by Crippen LogP contribution is -2.43. The molecule has 1 aliphatic heterocycles. The van der Waals surface area contributed by atoms with Gasteiger partial charge in [-0.15, -0.1) is 0 Å². The SMILES string of the molecule is COc1ccc(C(=O)NNC(=O)COc2ccc(F)cc2)cc1S(=O)(=O)N1CCCC1. The fourth-order valence-electron chi connectivity index (χ4n) is 3.00. The minimum atomic E-state index is -3.82. The summed E-state index contributed by atoms with van der Waals surface area (Å²) in [5, 5.41) is 0. The molecule has 1 saturated heterocycles. The van der Waals surface area contributed by atoms with Crippen LogP contribution in [0.25, 0.3) is 0 Å². The maximum atomic E-state index is 12.9. The number of hydrogen-bond acceptors (Lipinski definition) is 6. The lowest BCUT2D eigenvalue weighted by atomic mass is 10.2. The molecule has 0 spiro atoms. The Kier molecular flexibility index (Phi) is 7.08. The number of sulfonamides is 1. The van der Waals surface area contributed by atoms with Crippen LogP contribution >= 0.6 is 0 Å². The van der Waals surface area contributed by atoms with Crippen molar-refractivity contribution < 1.29 is 31.9 Å². The standard InChI is InChI=1S/C20H22FN3O6S/c1-29-17-9-4-14(12-18(17)31(27,28)24-10-2-3-11-24)20(26)23-22-19(25)13-30-16-7-5-15(21)6-8-16/h4-9,12H,2-3,10-11,13H2,1H3,(H,22,25)(H,23,26). The van der Waals surface area contributed by atoms with Gasteiger partial charge in [0.05, 0.1) is 7.11 Å². The average Bonchev–Trinajstić information content (AvgIpc) is 3.32. The third kappa shape index (κ3) is 5.50. The first-order chi connectivity index (χ1) is 14.8. The second-order valence-corrected chi connectivity index (χ2v) is 8.63. The molecule has 2 amide bonds. The van der Waals surface area contributed by atoms with Crippen LogP contribution in [0.5, 0.6) is 11.5 Å². The molecular formula is C20H22FN3O6S. The first-order valence-corrected chi connectivity index (χ1v) is 10.9. The summed E-state index contributed by atoms with van der Waals surface area (Å²) >= 11 is 0. The maximum Gasteiger partial charge on any atom is 0.276 e. The molecule has 0 aliphatic carbocycles. The quantitative estimate of drug-likeness (QED) is 0.616. The van der Waals surface area contributed by atoms with Crippen LogP contribution in [-0.2, 0) is 14.8 Å². The predicted molar refractivity (Wildman–Crippen MR) is 108 cm³/mol. The second kappa shape index (κ2) is 9.75. The van der Waals surface area contributed by atoms with E-state index < -0.39 is 34.3 Å². The van der Waals surface area contributed by atoms with Gasteiger partial charge in [0.2, 0.25) is 10.0 Å². The highest BCUT2D eigenvalue weighted by Gasteiger charge is 2.30. The Morgan fingerprint density at radius 2 is 1.74 bits per heavy atom. The molecule has 2 aromatic carbocycles. The van der Waals surface area contributed by atoms with E-state index in [1.807, 2.05) is 0 Å². The largest absolute Gasteiger partial charge is 0.495 e. The van der Waals surface area contributed by atoms with E-state index in [1.54, 1.807) is 0 Å². The third-order valence-corrected chi connectivity index (χ3v) is 6.53. The number of rotatable bonds is 7. The highest BCUT2D eigenvalue weighted by Crippen LogP contribution is 2.29. The van der Waals surface area contributed by atoms with Crippen LogP contribution in [0.4, 0.5) is 4.39 Å². The summed E-state index contributed by atoms with van der Waals surface area (Å²) in [5.74, 6) is -1.39. The van der Waals surface area contributed by atoms with Crippen molar-refractivity contribution in [2.45, 2.75) is 17.7 Å². The number of benzene rings is 2. The van der Waals surface area contributed by atoms with Crippen molar-refractivity contribution in [3.8, 4) is 11.5 Å². The number of ether oxygens (including phenoxy) is 2. The Labute approximate surface area is 179 Å². The lowest BCUT2D eigenvalue weighted by Gasteiger charge is -2.18. The number of methoxy groups -OCH3 is 1. The molecule has 166 valence electrons. The van der Waals surface area contributed by atoms with Gasteiger partial charge >= 0.3 is 0 Å². The number of nitrogens with one attached hydrogen (secondary N) is 2. The first kappa shape index (κ1) is 22.5. The zero-order chi connectivity index (χ0) is 22.4. The van der Waals surface area contributed by atoms with Gasteiger partial charge in [-0.2, -0.15) is 4.31 Å². The van der Waals surface area contributed by atoms with Crippen LogP contribution in [0.15, 0.2) is 47.4 Å². The van der Waals surface area contributed by atoms with Crippen LogP contribution in [-0.4, -0.2) is 51.3 Å². The highest BCUT2D eigenvalue weighted by atomic mass is 32.2. The Hall–Kier alpha value is -3.18. The van der Waals surface area contributed by atoms with Crippen LogP contribution in [0.3, 0.4) is 0 Å². The van der Waals surface area contributed by atoms with Crippen molar-refractivity contribution >= 4 is 21.8 Å². The Bertz CT molecular complexity index is 1050. The maximum absolute atomic E-state index is 12.9. The van der Waals surface area contributed by atoms with E-state index in [9.17, 15) is 22.4 Å². The predicted octanol–water partition coefficient (Wildman–Crippen LogP) is 1.46. The van der Waals surface area contributed by atoms with Crippen molar-refractivity contribution in [3.05, 3.63) is 53.8 Å². The van der Waals surface area contributed by atoms with Crippen LogP contribution in [0.1, 0.15) is 23.2 Å².